The van der Waals surface area contributed by atoms with Crippen LogP contribution in [0.2, 0.25) is 0 Å². The van der Waals surface area contributed by atoms with Gasteiger partial charge < -0.3 is 26.2 Å². The lowest BCUT2D eigenvalue weighted by Gasteiger charge is -2.32. The molecule has 2 fully saturated rings. The predicted octanol–water partition coefficient (Wildman–Crippen LogP) is 5.31. The minimum atomic E-state index is -0.107. The number of hydrogen-bond acceptors (Lipinski definition) is 4. The van der Waals surface area contributed by atoms with Crippen molar-refractivity contribution in [1.29, 1.82) is 0 Å². The SMILES string of the molecule is NC1CCN(CCCCCCCCN2CCC(NC(=O)Nc3ccccc3-c3ccccc3)CC2)C1. The molecule has 2 aromatic carbocycles. The predicted molar refractivity (Wildman–Crippen MR) is 150 cm³/mol. The van der Waals surface area contributed by atoms with E-state index < -0.39 is 0 Å². The molecule has 2 amide bonds. The smallest absolute Gasteiger partial charge is 0.319 e. The molecule has 6 nitrogen and oxygen atoms in total. The number of likely N-dealkylation sites (tertiary alicyclic amines) is 2. The van der Waals surface area contributed by atoms with Crippen molar-refractivity contribution >= 4 is 11.7 Å². The number of amides is 2. The highest BCUT2D eigenvalue weighted by Gasteiger charge is 2.21. The minimum Gasteiger partial charge on any atom is -0.335 e. The summed E-state index contributed by atoms with van der Waals surface area (Å²) in [4.78, 5) is 17.8. The van der Waals surface area contributed by atoms with E-state index in [-0.39, 0.29) is 12.1 Å². The summed E-state index contributed by atoms with van der Waals surface area (Å²) in [6, 6.07) is 18.7. The number of unbranched alkanes of at least 4 members (excludes halogenated alkanes) is 5. The Hall–Kier alpha value is -2.41. The summed E-state index contributed by atoms with van der Waals surface area (Å²) in [5.41, 5.74) is 8.98. The van der Waals surface area contributed by atoms with Gasteiger partial charge in [0.15, 0.2) is 0 Å². The summed E-state index contributed by atoms with van der Waals surface area (Å²) < 4.78 is 0. The first-order valence-electron chi connectivity index (χ1n) is 14.1. The Morgan fingerprint density at radius 1 is 0.778 bits per heavy atom. The van der Waals surface area contributed by atoms with Crippen LogP contribution in [0.3, 0.4) is 0 Å². The number of hydrogen-bond donors (Lipinski definition) is 3. The molecule has 2 saturated heterocycles. The van der Waals surface area contributed by atoms with E-state index in [4.69, 9.17) is 5.73 Å². The standard InChI is InChI=1S/C30H45N5O/c31-26-16-21-35(24-26)20-11-4-2-1-3-10-19-34-22-17-27(18-23-34)32-30(36)33-29-15-9-8-14-28(29)25-12-6-5-7-13-25/h5-9,12-15,26-27H,1-4,10-11,16-24,31H2,(H2,32,33,36). The lowest BCUT2D eigenvalue weighted by molar-refractivity contribution is 0.193. The largest absolute Gasteiger partial charge is 0.335 e. The second kappa shape index (κ2) is 14.4. The summed E-state index contributed by atoms with van der Waals surface area (Å²) in [7, 11) is 0. The van der Waals surface area contributed by atoms with Crippen LogP contribution < -0.4 is 16.4 Å². The molecular formula is C30H45N5O. The van der Waals surface area contributed by atoms with Crippen molar-refractivity contribution in [3.63, 3.8) is 0 Å². The number of carbonyl (C=O) groups is 1. The highest BCUT2D eigenvalue weighted by molar-refractivity contribution is 5.94. The number of nitrogens with zero attached hydrogens (tertiary/aromatic N) is 2. The zero-order chi connectivity index (χ0) is 25.0. The molecule has 2 aromatic rings. The lowest BCUT2D eigenvalue weighted by Crippen LogP contribution is -2.46. The third kappa shape index (κ3) is 8.61. The average Bonchev–Trinajstić information content (AvgIpc) is 3.32. The fraction of sp³-hybridized carbons (Fsp3) is 0.567. The second-order valence-electron chi connectivity index (χ2n) is 10.6. The molecule has 4 N–H and O–H groups in total. The van der Waals surface area contributed by atoms with Gasteiger partial charge in [-0.25, -0.2) is 4.79 Å². The Kier molecular flexibility index (Phi) is 10.6. The van der Waals surface area contributed by atoms with Gasteiger partial charge in [-0.05, 0) is 63.4 Å². The van der Waals surface area contributed by atoms with Crippen molar-refractivity contribution in [2.75, 3.05) is 44.6 Å². The molecule has 1 unspecified atom stereocenters. The zero-order valence-corrected chi connectivity index (χ0v) is 21.8. The maximum atomic E-state index is 12.7. The van der Waals surface area contributed by atoms with Gasteiger partial charge in [0.25, 0.3) is 0 Å². The quantitative estimate of drug-likeness (QED) is 0.352. The maximum absolute atomic E-state index is 12.7. The van der Waals surface area contributed by atoms with Crippen LogP contribution in [-0.4, -0.2) is 67.2 Å². The summed E-state index contributed by atoms with van der Waals surface area (Å²) in [5.74, 6) is 0. The van der Waals surface area contributed by atoms with Crippen molar-refractivity contribution in [1.82, 2.24) is 15.1 Å². The zero-order valence-electron chi connectivity index (χ0n) is 21.8. The van der Waals surface area contributed by atoms with E-state index in [0.717, 1.165) is 49.3 Å². The average molecular weight is 492 g/mol. The number of benzene rings is 2. The van der Waals surface area contributed by atoms with E-state index in [1.54, 1.807) is 0 Å². The van der Waals surface area contributed by atoms with Crippen LogP contribution in [0.1, 0.15) is 57.8 Å². The van der Waals surface area contributed by atoms with E-state index in [1.807, 2.05) is 42.5 Å². The molecule has 1 atom stereocenters. The fourth-order valence-corrected chi connectivity index (χ4v) is 5.55. The molecule has 0 bridgehead atoms. The van der Waals surface area contributed by atoms with Gasteiger partial charge in [-0.3, -0.25) is 0 Å². The van der Waals surface area contributed by atoms with Crippen molar-refractivity contribution < 1.29 is 4.79 Å². The van der Waals surface area contributed by atoms with Gasteiger partial charge in [0, 0.05) is 37.3 Å². The van der Waals surface area contributed by atoms with Crippen molar-refractivity contribution in [3.05, 3.63) is 54.6 Å². The molecule has 36 heavy (non-hydrogen) atoms. The minimum absolute atomic E-state index is 0.107. The number of anilines is 1. The van der Waals surface area contributed by atoms with Gasteiger partial charge >= 0.3 is 6.03 Å². The Morgan fingerprint density at radius 2 is 1.39 bits per heavy atom. The fourth-order valence-electron chi connectivity index (χ4n) is 5.55. The van der Waals surface area contributed by atoms with Gasteiger partial charge in [-0.1, -0.05) is 74.2 Å². The monoisotopic (exact) mass is 491 g/mol. The number of carbonyl (C=O) groups excluding carboxylic acids is 1. The van der Waals surface area contributed by atoms with Crippen LogP contribution in [0.15, 0.2) is 54.6 Å². The van der Waals surface area contributed by atoms with Crippen LogP contribution in [0.5, 0.6) is 0 Å². The van der Waals surface area contributed by atoms with E-state index in [0.29, 0.717) is 6.04 Å². The molecule has 0 saturated carbocycles. The number of piperidine rings is 1. The normalized spacial score (nSPS) is 19.4. The van der Waals surface area contributed by atoms with E-state index >= 15 is 0 Å². The molecule has 0 spiro atoms. The first-order chi connectivity index (χ1) is 17.7. The highest BCUT2D eigenvalue weighted by Crippen LogP contribution is 2.27. The first kappa shape index (κ1) is 26.6. The Bertz CT molecular complexity index is 913. The Balaban J connectivity index is 1.05. The van der Waals surface area contributed by atoms with E-state index in [9.17, 15) is 4.79 Å². The number of rotatable bonds is 12. The van der Waals surface area contributed by atoms with Gasteiger partial charge in [-0.2, -0.15) is 0 Å². The molecule has 0 aromatic heterocycles. The lowest BCUT2D eigenvalue weighted by atomic mass is 10.0. The van der Waals surface area contributed by atoms with Gasteiger partial charge in [0.05, 0.1) is 5.69 Å². The van der Waals surface area contributed by atoms with Crippen LogP contribution in [0.25, 0.3) is 11.1 Å². The van der Waals surface area contributed by atoms with Gasteiger partial charge in [0.1, 0.15) is 0 Å². The molecule has 2 aliphatic heterocycles. The molecular weight excluding hydrogens is 446 g/mol. The highest BCUT2D eigenvalue weighted by atomic mass is 16.2. The number of para-hydroxylation sites is 1. The first-order valence-corrected chi connectivity index (χ1v) is 14.1. The summed E-state index contributed by atoms with van der Waals surface area (Å²) in [6.45, 7) is 6.86. The topological polar surface area (TPSA) is 73.6 Å². The van der Waals surface area contributed by atoms with Crippen LogP contribution in [-0.2, 0) is 0 Å². The summed E-state index contributed by atoms with van der Waals surface area (Å²) in [6.07, 6.45) is 11.2. The number of urea groups is 1. The molecule has 196 valence electrons. The third-order valence-corrected chi connectivity index (χ3v) is 7.69. The molecule has 2 heterocycles. The molecule has 6 heteroatoms. The third-order valence-electron chi connectivity index (χ3n) is 7.69. The van der Waals surface area contributed by atoms with E-state index in [1.165, 1.54) is 64.6 Å². The van der Waals surface area contributed by atoms with Crippen LogP contribution in [0.4, 0.5) is 10.5 Å². The van der Waals surface area contributed by atoms with Gasteiger partial charge in [0.2, 0.25) is 0 Å². The van der Waals surface area contributed by atoms with E-state index in [2.05, 4.69) is 32.6 Å². The maximum Gasteiger partial charge on any atom is 0.319 e. The van der Waals surface area contributed by atoms with Gasteiger partial charge in [-0.15, -0.1) is 0 Å². The number of nitrogens with two attached hydrogens (primary N) is 1. The number of nitrogens with one attached hydrogen (secondary N) is 2. The summed E-state index contributed by atoms with van der Waals surface area (Å²) in [5, 5.41) is 6.27. The Labute approximate surface area is 217 Å². The second-order valence-corrected chi connectivity index (χ2v) is 10.6. The van der Waals surface area contributed by atoms with Crippen LogP contribution in [0, 0.1) is 0 Å². The molecule has 4 rings (SSSR count). The van der Waals surface area contributed by atoms with Crippen molar-refractivity contribution in [2.45, 2.75) is 69.9 Å². The molecule has 2 aliphatic rings. The van der Waals surface area contributed by atoms with Crippen LogP contribution >= 0.6 is 0 Å². The molecule has 0 aliphatic carbocycles. The molecule has 0 radical (unpaired) electrons. The Morgan fingerprint density at radius 3 is 2.08 bits per heavy atom. The van der Waals surface area contributed by atoms with Crippen molar-refractivity contribution in [2.24, 2.45) is 5.73 Å². The summed E-state index contributed by atoms with van der Waals surface area (Å²) >= 11 is 0. The van der Waals surface area contributed by atoms with Crippen molar-refractivity contribution in [3.8, 4) is 11.1 Å².